The second-order valence-corrected chi connectivity index (χ2v) is 6.87. The van der Waals surface area contributed by atoms with Gasteiger partial charge in [0.15, 0.2) is 0 Å². The fraction of sp³-hybridized carbons (Fsp3) is 0.350. The number of hydrogen-bond donors (Lipinski definition) is 1. The van der Waals surface area contributed by atoms with E-state index in [9.17, 15) is 4.79 Å². The number of nitrogens with zero attached hydrogens (tertiary/aromatic N) is 2. The van der Waals surface area contributed by atoms with E-state index in [1.807, 2.05) is 28.8 Å². The van der Waals surface area contributed by atoms with E-state index < -0.39 is 0 Å². The third-order valence-electron chi connectivity index (χ3n) is 5.15. The topological polar surface area (TPSA) is 41.0 Å². The van der Waals surface area contributed by atoms with Crippen LogP contribution in [-0.4, -0.2) is 27.5 Å². The van der Waals surface area contributed by atoms with Crippen LogP contribution >= 0.6 is 0 Å². The van der Waals surface area contributed by atoms with Crippen LogP contribution in [0.1, 0.15) is 24.9 Å². The van der Waals surface area contributed by atoms with Gasteiger partial charge in [0.1, 0.15) is 0 Å². The van der Waals surface area contributed by atoms with Crippen molar-refractivity contribution >= 4 is 11.0 Å². The number of H-pyrrole nitrogens is 1. The average Bonchev–Trinajstić information content (AvgIpc) is 2.92. The Labute approximate surface area is 141 Å². The molecule has 124 valence electrons. The number of imidazole rings is 1. The van der Waals surface area contributed by atoms with Crippen molar-refractivity contribution in [1.82, 2.24) is 14.5 Å². The van der Waals surface area contributed by atoms with Crippen LogP contribution in [0.4, 0.5) is 0 Å². The van der Waals surface area contributed by atoms with Crippen molar-refractivity contribution in [3.63, 3.8) is 0 Å². The monoisotopic (exact) mass is 321 g/mol. The molecule has 24 heavy (non-hydrogen) atoms. The molecule has 0 saturated carbocycles. The molecule has 0 amide bonds. The van der Waals surface area contributed by atoms with Crippen LogP contribution in [0.2, 0.25) is 0 Å². The van der Waals surface area contributed by atoms with E-state index in [-0.39, 0.29) is 11.7 Å². The molecule has 4 rings (SSSR count). The minimum absolute atomic E-state index is 0.0181. The Morgan fingerprint density at radius 1 is 1.08 bits per heavy atom. The molecule has 4 nitrogen and oxygen atoms in total. The van der Waals surface area contributed by atoms with E-state index in [1.54, 1.807) is 0 Å². The number of para-hydroxylation sites is 2. The van der Waals surface area contributed by atoms with Crippen LogP contribution in [0, 0.1) is 5.92 Å². The summed E-state index contributed by atoms with van der Waals surface area (Å²) in [6, 6.07) is 18.9. The highest BCUT2D eigenvalue weighted by atomic mass is 16.1. The Morgan fingerprint density at radius 3 is 2.62 bits per heavy atom. The molecular weight excluding hydrogens is 298 g/mol. The van der Waals surface area contributed by atoms with Crippen LogP contribution < -0.4 is 5.69 Å². The number of aromatic nitrogens is 2. The van der Waals surface area contributed by atoms with Crippen molar-refractivity contribution in [2.45, 2.75) is 25.9 Å². The predicted octanol–water partition coefficient (Wildman–Crippen LogP) is 3.41. The Balaban J connectivity index is 1.54. The summed E-state index contributed by atoms with van der Waals surface area (Å²) in [6.07, 6.45) is 1.01. The predicted molar refractivity (Wildman–Crippen MR) is 97.1 cm³/mol. The zero-order valence-electron chi connectivity index (χ0n) is 14.0. The Kier molecular flexibility index (Phi) is 3.98. The summed E-state index contributed by atoms with van der Waals surface area (Å²) in [5.74, 6) is 0.444. The Hall–Kier alpha value is -2.33. The maximum Gasteiger partial charge on any atom is 0.326 e. The maximum absolute atomic E-state index is 12.4. The van der Waals surface area contributed by atoms with Crippen molar-refractivity contribution in [2.24, 2.45) is 5.92 Å². The molecule has 1 aliphatic heterocycles. The van der Waals surface area contributed by atoms with E-state index in [0.717, 1.165) is 37.1 Å². The van der Waals surface area contributed by atoms with Gasteiger partial charge in [-0.15, -0.1) is 0 Å². The molecule has 2 unspecified atom stereocenters. The summed E-state index contributed by atoms with van der Waals surface area (Å²) in [5, 5.41) is 0. The largest absolute Gasteiger partial charge is 0.326 e. The van der Waals surface area contributed by atoms with E-state index in [4.69, 9.17) is 0 Å². The summed E-state index contributed by atoms with van der Waals surface area (Å²) >= 11 is 0. The van der Waals surface area contributed by atoms with Gasteiger partial charge in [0, 0.05) is 25.7 Å². The minimum Gasteiger partial charge on any atom is -0.306 e. The van der Waals surface area contributed by atoms with Gasteiger partial charge in [0.25, 0.3) is 0 Å². The number of piperidine rings is 1. The molecule has 1 aromatic heterocycles. The number of hydrogen-bond acceptors (Lipinski definition) is 2. The zero-order chi connectivity index (χ0) is 16.5. The number of benzene rings is 2. The van der Waals surface area contributed by atoms with Crippen molar-refractivity contribution in [3.8, 4) is 0 Å². The van der Waals surface area contributed by atoms with Crippen molar-refractivity contribution in [2.75, 3.05) is 13.1 Å². The third kappa shape index (κ3) is 2.78. The highest BCUT2D eigenvalue weighted by molar-refractivity contribution is 5.75. The van der Waals surface area contributed by atoms with Crippen molar-refractivity contribution in [3.05, 3.63) is 70.6 Å². The minimum atomic E-state index is 0.0181. The van der Waals surface area contributed by atoms with Crippen LogP contribution in [0.15, 0.2) is 59.4 Å². The van der Waals surface area contributed by atoms with Crippen LogP contribution in [0.25, 0.3) is 11.0 Å². The second-order valence-electron chi connectivity index (χ2n) is 6.87. The van der Waals surface area contributed by atoms with Crippen LogP contribution in [0.3, 0.4) is 0 Å². The highest BCUT2D eigenvalue weighted by Crippen LogP contribution is 2.30. The second kappa shape index (κ2) is 6.29. The van der Waals surface area contributed by atoms with E-state index in [2.05, 4.69) is 47.1 Å². The fourth-order valence-corrected chi connectivity index (χ4v) is 3.99. The number of fused-ring (bicyclic) bond motifs is 1. The molecule has 3 aromatic rings. The lowest BCUT2D eigenvalue weighted by atomic mass is 9.93. The molecular formula is C20H23N3O. The number of rotatable bonds is 3. The van der Waals surface area contributed by atoms with Crippen molar-refractivity contribution < 1.29 is 0 Å². The van der Waals surface area contributed by atoms with Crippen LogP contribution in [0.5, 0.6) is 0 Å². The molecule has 4 heteroatoms. The summed E-state index contributed by atoms with van der Waals surface area (Å²) in [5.41, 5.74) is 3.33. The molecule has 2 aromatic carbocycles. The molecule has 0 radical (unpaired) electrons. The zero-order valence-corrected chi connectivity index (χ0v) is 14.0. The molecule has 1 N–H and O–H groups in total. The van der Waals surface area contributed by atoms with Gasteiger partial charge in [-0.1, -0.05) is 49.4 Å². The molecule has 0 spiro atoms. The first-order chi connectivity index (χ1) is 11.7. The molecule has 1 aliphatic rings. The normalized spacial score (nSPS) is 22.0. The molecule has 2 heterocycles. The van der Waals surface area contributed by atoms with Gasteiger partial charge in [0.05, 0.1) is 11.0 Å². The standard InChI is InChI=1S/C20H23N3O/c1-15-13-22(14-16-7-3-2-4-8-16)12-11-18(15)23-19-10-6-5-9-17(19)21-20(23)24/h2-10,15,18H,11-14H2,1H3,(H,21,24). The maximum atomic E-state index is 12.4. The molecule has 0 bridgehead atoms. The third-order valence-corrected chi connectivity index (χ3v) is 5.15. The summed E-state index contributed by atoms with van der Waals surface area (Å²) in [6.45, 7) is 5.29. The lowest BCUT2D eigenvalue weighted by molar-refractivity contribution is 0.127. The number of nitrogens with one attached hydrogen (secondary N) is 1. The first-order valence-corrected chi connectivity index (χ1v) is 8.68. The first kappa shape index (κ1) is 15.2. The lowest BCUT2D eigenvalue weighted by Gasteiger charge is -2.37. The van der Waals surface area contributed by atoms with Gasteiger partial charge in [-0.2, -0.15) is 0 Å². The van der Waals surface area contributed by atoms with E-state index in [0.29, 0.717) is 5.92 Å². The summed E-state index contributed by atoms with van der Waals surface area (Å²) in [7, 11) is 0. The summed E-state index contributed by atoms with van der Waals surface area (Å²) < 4.78 is 1.97. The van der Waals surface area contributed by atoms with Crippen LogP contribution in [-0.2, 0) is 6.54 Å². The van der Waals surface area contributed by atoms with Gasteiger partial charge >= 0.3 is 5.69 Å². The Bertz CT molecular complexity index is 881. The first-order valence-electron chi connectivity index (χ1n) is 8.68. The fourth-order valence-electron chi connectivity index (χ4n) is 3.99. The van der Waals surface area contributed by atoms with Crippen molar-refractivity contribution in [1.29, 1.82) is 0 Å². The van der Waals surface area contributed by atoms with E-state index in [1.165, 1.54) is 5.56 Å². The van der Waals surface area contributed by atoms with Gasteiger partial charge in [0.2, 0.25) is 0 Å². The quantitative estimate of drug-likeness (QED) is 0.803. The smallest absolute Gasteiger partial charge is 0.306 e. The van der Waals surface area contributed by atoms with Gasteiger partial charge < -0.3 is 4.98 Å². The average molecular weight is 321 g/mol. The molecule has 1 fully saturated rings. The molecule has 2 atom stereocenters. The Morgan fingerprint density at radius 2 is 1.83 bits per heavy atom. The molecule has 0 aliphatic carbocycles. The number of aromatic amines is 1. The molecule has 1 saturated heterocycles. The highest BCUT2D eigenvalue weighted by Gasteiger charge is 2.29. The van der Waals surface area contributed by atoms with Gasteiger partial charge in [-0.05, 0) is 30.0 Å². The number of likely N-dealkylation sites (tertiary alicyclic amines) is 1. The lowest BCUT2D eigenvalue weighted by Crippen LogP contribution is -2.41. The van der Waals surface area contributed by atoms with Gasteiger partial charge in [-0.3, -0.25) is 9.47 Å². The van der Waals surface area contributed by atoms with E-state index >= 15 is 0 Å². The van der Waals surface area contributed by atoms with Gasteiger partial charge in [-0.25, -0.2) is 4.79 Å². The SMILES string of the molecule is CC1CN(Cc2ccccc2)CCC1n1c(=O)[nH]c2ccccc21. The summed E-state index contributed by atoms with van der Waals surface area (Å²) in [4.78, 5) is 17.9.